The molecule has 2 unspecified atom stereocenters. The molecule has 0 saturated heterocycles. The van der Waals surface area contributed by atoms with Crippen LogP contribution in [0, 0.1) is 5.92 Å². The Morgan fingerprint density at radius 1 is 1.03 bits per heavy atom. The third kappa shape index (κ3) is 6.03. The number of alkyl carbamates (subject to hydrolysis) is 1. The molecule has 0 heterocycles. The fraction of sp³-hybridized carbons (Fsp3) is 0.348. The van der Waals surface area contributed by atoms with Gasteiger partial charge in [-0.3, -0.25) is 9.59 Å². The Morgan fingerprint density at radius 3 is 2.09 bits per heavy atom. The number of halogens is 3. The molecular weight excluding hydrogens is 441 g/mol. The molecule has 7 nitrogen and oxygen atoms in total. The molecule has 2 aromatic carbocycles. The first kappa shape index (κ1) is 24.1. The lowest BCUT2D eigenvalue weighted by molar-refractivity contribution is -0.149. The van der Waals surface area contributed by atoms with Crippen molar-refractivity contribution in [1.82, 2.24) is 10.6 Å². The minimum atomic E-state index is -4.74. The van der Waals surface area contributed by atoms with Gasteiger partial charge in [0.25, 0.3) is 0 Å². The summed E-state index contributed by atoms with van der Waals surface area (Å²) in [5.74, 6) is -3.66. The fourth-order valence-corrected chi connectivity index (χ4v) is 3.69. The maximum atomic E-state index is 12.9. The highest BCUT2D eigenvalue weighted by atomic mass is 19.4. The van der Waals surface area contributed by atoms with Gasteiger partial charge >= 0.3 is 18.2 Å². The van der Waals surface area contributed by atoms with Crippen LogP contribution < -0.4 is 10.6 Å². The largest absolute Gasteiger partial charge is 0.481 e. The molecule has 0 spiro atoms. The Bertz CT molecular complexity index is 995. The zero-order valence-corrected chi connectivity index (χ0v) is 17.7. The van der Waals surface area contributed by atoms with Gasteiger partial charge in [0.2, 0.25) is 5.91 Å². The number of fused-ring (bicyclic) bond motifs is 3. The predicted octanol–water partition coefficient (Wildman–Crippen LogP) is 3.68. The van der Waals surface area contributed by atoms with Crippen molar-refractivity contribution in [3.63, 3.8) is 0 Å². The van der Waals surface area contributed by atoms with E-state index in [1.807, 2.05) is 53.8 Å². The monoisotopic (exact) mass is 464 g/mol. The lowest BCUT2D eigenvalue weighted by Gasteiger charge is -2.21. The second-order valence-corrected chi connectivity index (χ2v) is 7.83. The Morgan fingerprint density at radius 2 is 1.58 bits per heavy atom. The van der Waals surface area contributed by atoms with Crippen molar-refractivity contribution in [2.75, 3.05) is 13.2 Å². The lowest BCUT2D eigenvalue weighted by atomic mass is 9.98. The second kappa shape index (κ2) is 9.93. The van der Waals surface area contributed by atoms with Crippen molar-refractivity contribution in [1.29, 1.82) is 0 Å². The summed E-state index contributed by atoms with van der Waals surface area (Å²) in [6.07, 6.45) is -7.53. The first-order valence-corrected chi connectivity index (χ1v) is 10.3. The van der Waals surface area contributed by atoms with Crippen molar-refractivity contribution in [3.05, 3.63) is 59.7 Å². The van der Waals surface area contributed by atoms with Gasteiger partial charge in [-0.15, -0.1) is 0 Å². The summed E-state index contributed by atoms with van der Waals surface area (Å²) in [5.41, 5.74) is 3.84. The average Bonchev–Trinajstić information content (AvgIpc) is 3.08. The van der Waals surface area contributed by atoms with Gasteiger partial charge in [0.15, 0.2) is 0 Å². The number of benzene rings is 2. The van der Waals surface area contributed by atoms with E-state index in [1.165, 1.54) is 6.92 Å². The Kier molecular flexibility index (Phi) is 7.25. The zero-order valence-electron chi connectivity index (χ0n) is 17.7. The van der Waals surface area contributed by atoms with E-state index in [4.69, 9.17) is 9.84 Å². The van der Waals surface area contributed by atoms with Crippen molar-refractivity contribution in [3.8, 4) is 11.1 Å². The van der Waals surface area contributed by atoms with Crippen LogP contribution in [0.4, 0.5) is 18.0 Å². The molecule has 176 valence electrons. The minimum Gasteiger partial charge on any atom is -0.481 e. The highest BCUT2D eigenvalue weighted by Gasteiger charge is 2.37. The number of nitrogens with one attached hydrogen (secondary N) is 2. The molecule has 0 bridgehead atoms. The van der Waals surface area contributed by atoms with Crippen LogP contribution in [-0.4, -0.2) is 48.4 Å². The summed E-state index contributed by atoms with van der Waals surface area (Å²) < 4.78 is 44.0. The normalized spacial score (nSPS) is 14.5. The van der Waals surface area contributed by atoms with E-state index in [2.05, 4.69) is 5.32 Å². The molecule has 2 aromatic rings. The van der Waals surface area contributed by atoms with Gasteiger partial charge in [-0.05, 0) is 22.3 Å². The number of hydrogen-bond donors (Lipinski definition) is 3. The summed E-state index contributed by atoms with van der Waals surface area (Å²) >= 11 is 0. The Labute approximate surface area is 187 Å². The summed E-state index contributed by atoms with van der Waals surface area (Å²) in [7, 11) is 0. The molecule has 1 aliphatic carbocycles. The van der Waals surface area contributed by atoms with Crippen molar-refractivity contribution in [2.24, 2.45) is 5.92 Å². The highest BCUT2D eigenvalue weighted by molar-refractivity contribution is 5.86. The quantitative estimate of drug-likeness (QED) is 0.553. The fourth-order valence-electron chi connectivity index (χ4n) is 3.69. The smallest absolute Gasteiger partial charge is 0.407 e. The van der Waals surface area contributed by atoms with Crippen molar-refractivity contribution in [2.45, 2.75) is 31.5 Å². The molecule has 2 atom stereocenters. The van der Waals surface area contributed by atoms with Crippen LogP contribution in [0.5, 0.6) is 0 Å². The number of aliphatic carboxylic acids is 1. The average molecular weight is 464 g/mol. The number of carboxylic acid groups (broad SMARTS) is 1. The van der Waals surface area contributed by atoms with Gasteiger partial charge in [0.1, 0.15) is 12.6 Å². The first-order chi connectivity index (χ1) is 15.6. The summed E-state index contributed by atoms with van der Waals surface area (Å²) in [6.45, 7) is 0.783. The van der Waals surface area contributed by atoms with E-state index < -0.39 is 42.5 Å². The zero-order chi connectivity index (χ0) is 24.2. The first-order valence-electron chi connectivity index (χ1n) is 10.3. The molecule has 0 fully saturated rings. The van der Waals surface area contributed by atoms with Gasteiger partial charge in [-0.25, -0.2) is 4.79 Å². The van der Waals surface area contributed by atoms with E-state index in [0.29, 0.717) is 0 Å². The van der Waals surface area contributed by atoms with Crippen molar-refractivity contribution >= 4 is 18.0 Å². The predicted molar refractivity (Wildman–Crippen MR) is 112 cm³/mol. The number of rotatable bonds is 8. The number of alkyl halides is 3. The van der Waals surface area contributed by atoms with Gasteiger partial charge < -0.3 is 20.5 Å². The molecule has 0 aliphatic heterocycles. The van der Waals surface area contributed by atoms with Crippen LogP contribution in [0.1, 0.15) is 30.4 Å². The SMILES string of the molecule is CC(CNC(=O)C(CC(F)(F)F)NC(=O)OCC1c2ccccc2-c2ccccc21)C(=O)O. The topological polar surface area (TPSA) is 105 Å². The molecule has 3 N–H and O–H groups in total. The number of carboxylic acids is 1. The maximum Gasteiger partial charge on any atom is 0.407 e. The Balaban J connectivity index is 1.66. The minimum absolute atomic E-state index is 0.129. The van der Waals surface area contributed by atoms with Crippen LogP contribution >= 0.6 is 0 Å². The van der Waals surface area contributed by atoms with E-state index in [1.54, 1.807) is 0 Å². The van der Waals surface area contributed by atoms with Crippen LogP contribution in [0.15, 0.2) is 48.5 Å². The summed E-state index contributed by atoms with van der Waals surface area (Å²) in [6, 6.07) is 13.2. The molecule has 2 amide bonds. The highest BCUT2D eigenvalue weighted by Crippen LogP contribution is 2.44. The molecule has 0 aromatic heterocycles. The van der Waals surface area contributed by atoms with E-state index >= 15 is 0 Å². The number of ether oxygens (including phenoxy) is 1. The maximum absolute atomic E-state index is 12.9. The van der Waals surface area contributed by atoms with Crippen LogP contribution in [0.25, 0.3) is 11.1 Å². The third-order valence-corrected chi connectivity index (χ3v) is 5.39. The van der Waals surface area contributed by atoms with E-state index in [0.717, 1.165) is 22.3 Å². The number of amides is 2. The van der Waals surface area contributed by atoms with E-state index in [-0.39, 0.29) is 19.1 Å². The van der Waals surface area contributed by atoms with Crippen molar-refractivity contribution < 1.29 is 37.4 Å². The van der Waals surface area contributed by atoms with Crippen LogP contribution in [0.2, 0.25) is 0 Å². The van der Waals surface area contributed by atoms with Crippen LogP contribution in [-0.2, 0) is 14.3 Å². The van der Waals surface area contributed by atoms with Gasteiger partial charge in [0.05, 0.1) is 12.3 Å². The summed E-state index contributed by atoms with van der Waals surface area (Å²) in [5, 5.41) is 12.9. The molecule has 0 saturated carbocycles. The number of carbonyl (C=O) groups is 3. The number of hydrogen-bond acceptors (Lipinski definition) is 4. The van der Waals surface area contributed by atoms with Gasteiger partial charge in [-0.2, -0.15) is 13.2 Å². The standard InChI is InChI=1S/C23H23F3N2O5/c1-13(21(30)31)11-27-20(29)19(10-23(24,25)26)28-22(32)33-12-18-16-8-4-2-6-14(16)15-7-3-5-9-17(15)18/h2-9,13,18-19H,10-12H2,1H3,(H,27,29)(H,28,32)(H,30,31). The van der Waals surface area contributed by atoms with Gasteiger partial charge in [-0.1, -0.05) is 55.5 Å². The van der Waals surface area contributed by atoms with Crippen LogP contribution in [0.3, 0.4) is 0 Å². The van der Waals surface area contributed by atoms with E-state index in [9.17, 15) is 27.6 Å². The third-order valence-electron chi connectivity index (χ3n) is 5.39. The lowest BCUT2D eigenvalue weighted by Crippen LogP contribution is -2.50. The molecule has 33 heavy (non-hydrogen) atoms. The second-order valence-electron chi connectivity index (χ2n) is 7.83. The van der Waals surface area contributed by atoms with Gasteiger partial charge in [0, 0.05) is 12.5 Å². The summed E-state index contributed by atoms with van der Waals surface area (Å²) in [4.78, 5) is 35.3. The molecule has 10 heteroatoms. The Hall–Kier alpha value is -3.56. The molecule has 1 aliphatic rings. The molecule has 0 radical (unpaired) electrons. The molecule has 3 rings (SSSR count). The molecular formula is C23H23F3N2O5. The number of carbonyl (C=O) groups excluding carboxylic acids is 2.